The van der Waals surface area contributed by atoms with Crippen molar-refractivity contribution in [1.29, 1.82) is 0 Å². The molecule has 0 saturated heterocycles. The van der Waals surface area contributed by atoms with E-state index in [1.807, 2.05) is 24.3 Å². The van der Waals surface area contributed by atoms with Crippen LogP contribution in [0.25, 0.3) is 0 Å². The Morgan fingerprint density at radius 2 is 1.30 bits per heavy atom. The third-order valence-electron chi connectivity index (χ3n) is 3.24. The van der Waals surface area contributed by atoms with Crippen LogP contribution in [0.15, 0.2) is 36.4 Å². The topological polar surface area (TPSA) is 20.2 Å². The summed E-state index contributed by atoms with van der Waals surface area (Å²) in [4.78, 5) is 0. The van der Waals surface area contributed by atoms with Crippen molar-refractivity contribution >= 4 is 0 Å². The van der Waals surface area contributed by atoms with Gasteiger partial charge in [-0.05, 0) is 34.1 Å². The first-order valence-corrected chi connectivity index (χ1v) is 7.17. The number of rotatable bonds is 0. The van der Waals surface area contributed by atoms with Crippen LogP contribution in [0, 0.1) is 6.08 Å². The second-order valence-electron chi connectivity index (χ2n) is 7.27. The summed E-state index contributed by atoms with van der Waals surface area (Å²) in [5.74, 6) is 0.368. The molecule has 1 nitrogen and oxygen atoms in total. The van der Waals surface area contributed by atoms with Crippen LogP contribution in [0.3, 0.4) is 0 Å². The Morgan fingerprint density at radius 3 is 1.52 bits per heavy atom. The molecule has 23 heavy (non-hydrogen) atoms. The average Bonchev–Trinajstić information content (AvgIpc) is 2.84. The van der Waals surface area contributed by atoms with Crippen LogP contribution >= 0.6 is 0 Å². The van der Waals surface area contributed by atoms with Gasteiger partial charge in [-0.1, -0.05) is 47.6 Å². The molecule has 0 aromatic heterocycles. The molecular formula is C19H27Cl2OTi. The number of allylic oxidation sites excluding steroid dienone is 4. The fraction of sp³-hybridized carbons (Fsp3) is 0.474. The van der Waals surface area contributed by atoms with E-state index in [9.17, 15) is 5.11 Å². The Hall–Kier alpha value is -0.206. The number of phenols is 1. The summed E-state index contributed by atoms with van der Waals surface area (Å²) < 4.78 is 0. The maximum absolute atomic E-state index is 9.72. The first kappa shape index (κ1) is 27.6. The number of halogens is 2. The van der Waals surface area contributed by atoms with Gasteiger partial charge >= 0.3 is 21.7 Å². The van der Waals surface area contributed by atoms with E-state index in [1.54, 1.807) is 0 Å². The molecule has 0 saturated carbocycles. The van der Waals surface area contributed by atoms with Crippen molar-refractivity contribution in [3.8, 4) is 5.75 Å². The molecule has 0 bridgehead atoms. The van der Waals surface area contributed by atoms with Crippen LogP contribution in [-0.4, -0.2) is 5.11 Å². The van der Waals surface area contributed by atoms with Crippen LogP contribution in [-0.2, 0) is 32.5 Å². The summed E-state index contributed by atoms with van der Waals surface area (Å²) >= 11 is 0. The quantitative estimate of drug-likeness (QED) is 0.459. The maximum Gasteiger partial charge on any atom is 3.00 e. The van der Waals surface area contributed by atoms with Gasteiger partial charge in [0.25, 0.3) is 0 Å². The van der Waals surface area contributed by atoms with Crippen LogP contribution in [0.1, 0.15) is 59.1 Å². The number of aromatic hydroxyl groups is 1. The third kappa shape index (κ3) is 10.3. The second-order valence-corrected chi connectivity index (χ2v) is 7.27. The standard InChI is InChI=1S/C14H22O.C5H5.2ClH.Ti/c1-13(2,3)10-7-11(14(4,5)6)9-12(15)8-10;1-2-4-5-3-1;;;/h7-9,15H,1-6H3;1-3H,4H2;2*1H;/q;-1;;;+3/p-2. The molecule has 0 amide bonds. The second kappa shape index (κ2) is 11.4. The fourth-order valence-corrected chi connectivity index (χ4v) is 1.82. The summed E-state index contributed by atoms with van der Waals surface area (Å²) in [5, 5.41) is 9.72. The molecule has 0 aliphatic heterocycles. The van der Waals surface area contributed by atoms with Crippen LogP contribution in [0.5, 0.6) is 5.75 Å². The predicted molar refractivity (Wildman–Crippen MR) is 87.1 cm³/mol. The molecule has 1 radical (unpaired) electrons. The number of hydrogen-bond acceptors (Lipinski definition) is 1. The van der Waals surface area contributed by atoms with Gasteiger partial charge in [-0.2, -0.15) is 6.08 Å². The summed E-state index contributed by atoms with van der Waals surface area (Å²) in [6.07, 6.45) is 10.0. The smallest absolute Gasteiger partial charge is 1.00 e. The molecular weight excluding hydrogens is 363 g/mol. The monoisotopic (exact) mass is 389 g/mol. The molecule has 0 heterocycles. The summed E-state index contributed by atoms with van der Waals surface area (Å²) in [6.45, 7) is 13.0. The Morgan fingerprint density at radius 1 is 0.870 bits per heavy atom. The summed E-state index contributed by atoms with van der Waals surface area (Å²) in [7, 11) is 0. The van der Waals surface area contributed by atoms with Crippen molar-refractivity contribution in [3.63, 3.8) is 0 Å². The van der Waals surface area contributed by atoms with E-state index in [2.05, 4.69) is 59.8 Å². The van der Waals surface area contributed by atoms with Gasteiger partial charge in [-0.3, -0.25) is 6.08 Å². The van der Waals surface area contributed by atoms with Crippen molar-refractivity contribution in [2.45, 2.75) is 58.8 Å². The zero-order valence-electron chi connectivity index (χ0n) is 14.9. The van der Waals surface area contributed by atoms with Crippen LogP contribution in [0.2, 0.25) is 0 Å². The van der Waals surface area contributed by atoms with Gasteiger partial charge in [-0.15, -0.1) is 6.42 Å². The van der Waals surface area contributed by atoms with Crippen molar-refractivity contribution in [3.05, 3.63) is 53.6 Å². The molecule has 1 aromatic carbocycles. The number of hydrogen-bond donors (Lipinski definition) is 1. The Kier molecular flexibility index (Phi) is 13.7. The normalized spacial score (nSPS) is 12.3. The third-order valence-corrected chi connectivity index (χ3v) is 3.24. The zero-order valence-corrected chi connectivity index (χ0v) is 17.9. The Bertz CT molecular complexity index is 467. The van der Waals surface area contributed by atoms with Crippen molar-refractivity contribution in [2.75, 3.05) is 0 Å². The van der Waals surface area contributed by atoms with E-state index in [0.29, 0.717) is 5.75 Å². The van der Waals surface area contributed by atoms with E-state index < -0.39 is 0 Å². The molecule has 0 fully saturated rings. The zero-order chi connectivity index (χ0) is 15.4. The van der Waals surface area contributed by atoms with Gasteiger partial charge in [0.2, 0.25) is 0 Å². The van der Waals surface area contributed by atoms with Crippen molar-refractivity contribution in [2.24, 2.45) is 0 Å². The molecule has 0 atom stereocenters. The van der Waals surface area contributed by atoms with E-state index in [4.69, 9.17) is 0 Å². The first-order valence-electron chi connectivity index (χ1n) is 7.17. The van der Waals surface area contributed by atoms with Crippen molar-refractivity contribution < 1.29 is 51.6 Å². The van der Waals surface area contributed by atoms with E-state index in [1.165, 1.54) is 11.1 Å². The molecule has 1 aliphatic carbocycles. The Labute approximate surface area is 169 Å². The molecule has 127 valence electrons. The molecule has 1 N–H and O–H groups in total. The van der Waals surface area contributed by atoms with E-state index in [-0.39, 0.29) is 57.4 Å². The minimum Gasteiger partial charge on any atom is -1.00 e. The van der Waals surface area contributed by atoms with Gasteiger partial charge in [0, 0.05) is 0 Å². The minimum absolute atomic E-state index is 0. The van der Waals surface area contributed by atoms with E-state index >= 15 is 0 Å². The maximum atomic E-state index is 9.72. The molecule has 0 unspecified atom stereocenters. The fourth-order valence-electron chi connectivity index (χ4n) is 1.82. The van der Waals surface area contributed by atoms with Crippen molar-refractivity contribution in [1.82, 2.24) is 0 Å². The predicted octanol–water partition coefficient (Wildman–Crippen LogP) is -0.702. The summed E-state index contributed by atoms with van der Waals surface area (Å²) in [5.41, 5.74) is 2.54. The molecule has 4 heteroatoms. The number of phenolic OH excluding ortho intramolecular Hbond substituents is 1. The molecule has 2 rings (SSSR count). The molecule has 0 spiro atoms. The van der Waals surface area contributed by atoms with Crippen LogP contribution < -0.4 is 24.8 Å². The molecule has 1 aromatic rings. The SMILES string of the molecule is CC(C)(C)c1cc(O)cc(C(C)(C)C)c1.[C-]1=CC=CC1.[Cl-].[Cl-].[Ti+3]. The number of benzene rings is 1. The van der Waals surface area contributed by atoms with Gasteiger partial charge in [0.15, 0.2) is 0 Å². The largest absolute Gasteiger partial charge is 3.00 e. The van der Waals surface area contributed by atoms with Gasteiger partial charge in [0.1, 0.15) is 5.75 Å². The Balaban J connectivity index is -0.000000431. The van der Waals surface area contributed by atoms with Gasteiger partial charge in [-0.25, -0.2) is 12.2 Å². The van der Waals surface area contributed by atoms with Gasteiger partial charge < -0.3 is 29.9 Å². The van der Waals surface area contributed by atoms with E-state index in [0.717, 1.165) is 6.42 Å². The minimum atomic E-state index is 0. The molecule has 1 aliphatic rings. The van der Waals surface area contributed by atoms with Crippen LogP contribution in [0.4, 0.5) is 0 Å². The van der Waals surface area contributed by atoms with Gasteiger partial charge in [0.05, 0.1) is 0 Å². The average molecular weight is 390 g/mol. The first-order chi connectivity index (χ1) is 9.10. The summed E-state index contributed by atoms with van der Waals surface area (Å²) in [6, 6.07) is 5.91.